The fourth-order valence-electron chi connectivity index (χ4n) is 2.67. The monoisotopic (exact) mass is 301 g/mol. The van der Waals surface area contributed by atoms with E-state index in [9.17, 15) is 0 Å². The van der Waals surface area contributed by atoms with Crippen molar-refractivity contribution in [3.05, 3.63) is 32.8 Å². The van der Waals surface area contributed by atoms with E-state index in [4.69, 9.17) is 16.3 Å². The molecule has 4 heteroatoms. The van der Waals surface area contributed by atoms with Gasteiger partial charge in [0, 0.05) is 27.5 Å². The van der Waals surface area contributed by atoms with Crippen LogP contribution in [0.25, 0.3) is 0 Å². The lowest BCUT2D eigenvalue weighted by molar-refractivity contribution is -0.00702. The van der Waals surface area contributed by atoms with Crippen LogP contribution in [0.5, 0.6) is 0 Å². The maximum atomic E-state index is 6.22. The Bertz CT molecular complexity index is 424. The SMILES string of the molecule is Clc1ccc(Br)c2c1COC1CCNCC21. The van der Waals surface area contributed by atoms with E-state index < -0.39 is 0 Å². The quantitative estimate of drug-likeness (QED) is 0.795. The van der Waals surface area contributed by atoms with Gasteiger partial charge < -0.3 is 10.1 Å². The van der Waals surface area contributed by atoms with Crippen molar-refractivity contribution in [1.82, 2.24) is 5.32 Å². The minimum Gasteiger partial charge on any atom is -0.373 e. The molecule has 1 aromatic carbocycles. The third-order valence-electron chi connectivity index (χ3n) is 3.48. The van der Waals surface area contributed by atoms with Crippen LogP contribution in [-0.4, -0.2) is 19.2 Å². The van der Waals surface area contributed by atoms with E-state index >= 15 is 0 Å². The Hall–Kier alpha value is -0.0900. The Morgan fingerprint density at radius 3 is 3.19 bits per heavy atom. The summed E-state index contributed by atoms with van der Waals surface area (Å²) in [6.45, 7) is 2.68. The molecule has 0 aliphatic carbocycles. The van der Waals surface area contributed by atoms with Gasteiger partial charge in [0.2, 0.25) is 0 Å². The Morgan fingerprint density at radius 2 is 2.31 bits per heavy atom. The third-order valence-corrected chi connectivity index (χ3v) is 4.52. The van der Waals surface area contributed by atoms with Crippen LogP contribution in [0.15, 0.2) is 16.6 Å². The molecular weight excluding hydrogens is 289 g/mol. The first-order valence-corrected chi connectivity index (χ1v) is 6.73. The fourth-order valence-corrected chi connectivity index (χ4v) is 3.55. The van der Waals surface area contributed by atoms with Crippen molar-refractivity contribution < 1.29 is 4.74 Å². The summed E-state index contributed by atoms with van der Waals surface area (Å²) >= 11 is 9.86. The Kier molecular flexibility index (Phi) is 2.96. The van der Waals surface area contributed by atoms with Crippen molar-refractivity contribution in [2.75, 3.05) is 13.1 Å². The number of ether oxygens (including phenoxy) is 1. The molecular formula is C12H13BrClNO. The van der Waals surface area contributed by atoms with Crippen molar-refractivity contribution in [3.63, 3.8) is 0 Å². The molecule has 1 fully saturated rings. The average Bonchev–Trinajstić information content (AvgIpc) is 2.33. The van der Waals surface area contributed by atoms with Crippen LogP contribution in [0.2, 0.25) is 5.02 Å². The Labute approximate surface area is 108 Å². The summed E-state index contributed by atoms with van der Waals surface area (Å²) in [5, 5.41) is 4.25. The summed E-state index contributed by atoms with van der Waals surface area (Å²) in [5.41, 5.74) is 2.50. The minimum absolute atomic E-state index is 0.350. The zero-order valence-electron chi connectivity index (χ0n) is 8.80. The van der Waals surface area contributed by atoms with Crippen LogP contribution in [0.4, 0.5) is 0 Å². The fraction of sp³-hybridized carbons (Fsp3) is 0.500. The van der Waals surface area contributed by atoms with E-state index in [-0.39, 0.29) is 0 Å². The molecule has 1 N–H and O–H groups in total. The predicted octanol–water partition coefficient (Wildman–Crippen LogP) is 3.08. The number of halogens is 2. The number of benzene rings is 1. The molecule has 1 aromatic rings. The molecule has 0 amide bonds. The van der Waals surface area contributed by atoms with E-state index in [1.54, 1.807) is 0 Å². The van der Waals surface area contributed by atoms with Crippen LogP contribution in [0, 0.1) is 0 Å². The van der Waals surface area contributed by atoms with E-state index in [0.29, 0.717) is 18.6 Å². The van der Waals surface area contributed by atoms with Crippen LogP contribution in [-0.2, 0) is 11.3 Å². The highest BCUT2D eigenvalue weighted by Gasteiger charge is 2.34. The topological polar surface area (TPSA) is 21.3 Å². The van der Waals surface area contributed by atoms with Gasteiger partial charge in [0.05, 0.1) is 12.7 Å². The molecule has 86 valence electrons. The highest BCUT2D eigenvalue weighted by Crippen LogP contribution is 2.41. The van der Waals surface area contributed by atoms with Gasteiger partial charge in [-0.2, -0.15) is 0 Å². The minimum atomic E-state index is 0.350. The zero-order chi connectivity index (χ0) is 11.1. The lowest BCUT2D eigenvalue weighted by Gasteiger charge is -2.38. The van der Waals surface area contributed by atoms with Gasteiger partial charge >= 0.3 is 0 Å². The Balaban J connectivity index is 2.10. The van der Waals surface area contributed by atoms with Crippen molar-refractivity contribution in [3.8, 4) is 0 Å². The molecule has 0 spiro atoms. The van der Waals surface area contributed by atoms with E-state index in [1.165, 1.54) is 5.56 Å². The number of rotatable bonds is 0. The van der Waals surface area contributed by atoms with E-state index in [1.807, 2.05) is 12.1 Å². The molecule has 1 saturated heterocycles. The van der Waals surface area contributed by atoms with Crippen LogP contribution in [0.3, 0.4) is 0 Å². The van der Waals surface area contributed by atoms with Crippen LogP contribution in [0.1, 0.15) is 23.5 Å². The summed E-state index contributed by atoms with van der Waals surface area (Å²) in [6, 6.07) is 3.97. The number of hydrogen-bond donors (Lipinski definition) is 1. The average molecular weight is 303 g/mol. The van der Waals surface area contributed by atoms with Crippen molar-refractivity contribution in [2.45, 2.75) is 25.0 Å². The van der Waals surface area contributed by atoms with Gasteiger partial charge in [-0.15, -0.1) is 0 Å². The summed E-state index contributed by atoms with van der Waals surface area (Å²) in [4.78, 5) is 0. The van der Waals surface area contributed by atoms with Crippen molar-refractivity contribution in [2.24, 2.45) is 0 Å². The molecule has 0 aromatic heterocycles. The number of nitrogens with one attached hydrogen (secondary N) is 1. The van der Waals surface area contributed by atoms with Gasteiger partial charge in [-0.3, -0.25) is 0 Å². The molecule has 2 unspecified atom stereocenters. The maximum absolute atomic E-state index is 6.22. The van der Waals surface area contributed by atoms with Gasteiger partial charge in [0.15, 0.2) is 0 Å². The Morgan fingerprint density at radius 1 is 1.44 bits per heavy atom. The number of fused-ring (bicyclic) bond motifs is 3. The number of hydrogen-bond acceptors (Lipinski definition) is 2. The van der Waals surface area contributed by atoms with Gasteiger partial charge in [-0.25, -0.2) is 0 Å². The van der Waals surface area contributed by atoms with Crippen molar-refractivity contribution in [1.29, 1.82) is 0 Å². The van der Waals surface area contributed by atoms with Crippen molar-refractivity contribution >= 4 is 27.5 Å². The molecule has 2 aliphatic rings. The zero-order valence-corrected chi connectivity index (χ0v) is 11.1. The van der Waals surface area contributed by atoms with Gasteiger partial charge in [0.25, 0.3) is 0 Å². The summed E-state index contributed by atoms with van der Waals surface area (Å²) in [7, 11) is 0. The largest absolute Gasteiger partial charge is 0.373 e. The molecule has 0 radical (unpaired) electrons. The van der Waals surface area contributed by atoms with E-state index in [2.05, 4.69) is 21.2 Å². The highest BCUT2D eigenvalue weighted by molar-refractivity contribution is 9.10. The van der Waals surface area contributed by atoms with Gasteiger partial charge in [-0.1, -0.05) is 27.5 Å². The smallest absolute Gasteiger partial charge is 0.0738 e. The first-order valence-electron chi connectivity index (χ1n) is 5.56. The summed E-state index contributed by atoms with van der Waals surface area (Å²) in [6.07, 6.45) is 1.44. The standard InChI is InChI=1S/C12H13BrClNO/c13-9-1-2-10(14)8-6-16-11-3-4-15-5-7(11)12(8)9/h1-2,7,11,15H,3-6H2. The second kappa shape index (κ2) is 4.30. The highest BCUT2D eigenvalue weighted by atomic mass is 79.9. The summed E-state index contributed by atoms with van der Waals surface area (Å²) in [5.74, 6) is 0.436. The van der Waals surface area contributed by atoms with Gasteiger partial charge in [-0.05, 0) is 30.7 Å². The third kappa shape index (κ3) is 1.70. The lowest BCUT2D eigenvalue weighted by Crippen LogP contribution is -2.42. The molecule has 0 bridgehead atoms. The second-order valence-electron chi connectivity index (χ2n) is 4.37. The second-order valence-corrected chi connectivity index (χ2v) is 5.63. The molecule has 0 saturated carbocycles. The number of piperidine rings is 1. The van der Waals surface area contributed by atoms with Crippen LogP contribution >= 0.6 is 27.5 Å². The molecule has 2 aliphatic heterocycles. The maximum Gasteiger partial charge on any atom is 0.0738 e. The lowest BCUT2D eigenvalue weighted by atomic mass is 9.84. The van der Waals surface area contributed by atoms with Crippen LogP contribution < -0.4 is 5.32 Å². The van der Waals surface area contributed by atoms with Gasteiger partial charge in [0.1, 0.15) is 0 Å². The predicted molar refractivity (Wildman–Crippen MR) is 68.0 cm³/mol. The first-order chi connectivity index (χ1) is 7.77. The molecule has 16 heavy (non-hydrogen) atoms. The van der Waals surface area contributed by atoms with E-state index in [0.717, 1.165) is 34.6 Å². The normalized spacial score (nSPS) is 28.4. The summed E-state index contributed by atoms with van der Waals surface area (Å²) < 4.78 is 7.06. The molecule has 2 nitrogen and oxygen atoms in total. The molecule has 3 rings (SSSR count). The molecule has 2 atom stereocenters. The first kappa shape index (κ1) is 11.0. The molecule has 2 heterocycles.